The van der Waals surface area contributed by atoms with Crippen molar-refractivity contribution in [2.24, 2.45) is 0 Å². The van der Waals surface area contributed by atoms with Crippen molar-refractivity contribution in [2.75, 3.05) is 0 Å². The van der Waals surface area contributed by atoms with Gasteiger partial charge in [0.15, 0.2) is 0 Å². The molecule has 0 aromatic carbocycles. The summed E-state index contributed by atoms with van der Waals surface area (Å²) in [7, 11) is 0. The maximum atomic E-state index is 0. The molecule has 4 heavy (non-hydrogen) atoms. The second-order valence-corrected chi connectivity index (χ2v) is 0. The van der Waals surface area contributed by atoms with Crippen molar-refractivity contribution in [3.63, 3.8) is 0 Å². The Bertz CT molecular complexity index is 8.00. The van der Waals surface area contributed by atoms with E-state index in [1.807, 2.05) is 0 Å². The van der Waals surface area contributed by atoms with Crippen molar-refractivity contribution in [1.82, 2.24) is 0 Å². The molecule has 0 spiro atoms. The predicted octanol–water partition coefficient (Wildman–Crippen LogP) is -0.0100. The van der Waals surface area contributed by atoms with Gasteiger partial charge in [-0.3, -0.25) is 0 Å². The van der Waals surface area contributed by atoms with Crippen molar-refractivity contribution in [1.29, 1.82) is 0 Å². The molecule has 0 aromatic rings. The van der Waals surface area contributed by atoms with Gasteiger partial charge >= 0.3 is 0 Å². The number of hydrogen-bond acceptors (Lipinski definition) is 0. The summed E-state index contributed by atoms with van der Waals surface area (Å²) >= 11 is 0. The molecular weight excluding hydrogens is 252 g/mol. The Hall–Kier alpha value is 2.45. The fraction of sp³-hybridized carbons (Fsp3) is 0. The van der Waals surface area contributed by atoms with Crippen LogP contribution in [-0.4, -0.2) is 0 Å². The van der Waals surface area contributed by atoms with E-state index in [1.54, 1.807) is 0 Å². The minimum absolute atomic E-state index is 0. The molecule has 0 saturated carbocycles. The molecule has 0 heterocycles. The summed E-state index contributed by atoms with van der Waals surface area (Å²) in [6.07, 6.45) is 0. The molecule has 0 aromatic heterocycles. The molecular formula is CrFeMoTi. The molecule has 0 aliphatic rings. The Labute approximate surface area is 76.2 Å². The van der Waals surface area contributed by atoms with E-state index < -0.39 is 0 Å². The van der Waals surface area contributed by atoms with Gasteiger partial charge in [-0.1, -0.05) is 0 Å². The first-order chi connectivity index (χ1) is 0. The van der Waals surface area contributed by atoms with Crippen molar-refractivity contribution in [2.45, 2.75) is 0 Å². The van der Waals surface area contributed by atoms with Crippen LogP contribution in [0.2, 0.25) is 0 Å². The summed E-state index contributed by atoms with van der Waals surface area (Å²) < 4.78 is 0. The van der Waals surface area contributed by atoms with Crippen LogP contribution in [0.25, 0.3) is 0 Å². The Balaban J connectivity index is 0. The minimum atomic E-state index is 0. The number of hydrogen-bond donors (Lipinski definition) is 0. The van der Waals surface area contributed by atoms with E-state index in [0.29, 0.717) is 0 Å². The molecule has 4 heteroatoms. The van der Waals surface area contributed by atoms with Crippen molar-refractivity contribution in [3.05, 3.63) is 0 Å². The Morgan fingerprint density at radius 3 is 1.00 bits per heavy atom. The average molecular weight is 252 g/mol. The molecule has 0 fully saturated rings. The van der Waals surface area contributed by atoms with Crippen LogP contribution >= 0.6 is 0 Å². The summed E-state index contributed by atoms with van der Waals surface area (Å²) in [4.78, 5) is 0. The van der Waals surface area contributed by atoms with E-state index >= 15 is 0 Å². The fourth-order valence-corrected chi connectivity index (χ4v) is 0. The first-order valence-electron chi connectivity index (χ1n) is 0. The van der Waals surface area contributed by atoms with Gasteiger partial charge in [-0.05, 0) is 0 Å². The van der Waals surface area contributed by atoms with E-state index in [-0.39, 0.29) is 77.2 Å². The smallest absolute Gasteiger partial charge is 0 e. The second kappa shape index (κ2) is 18.0. The molecule has 0 N–H and O–H groups in total. The number of rotatable bonds is 0. The molecule has 0 atom stereocenters. The molecule has 0 aliphatic carbocycles. The van der Waals surface area contributed by atoms with Crippen LogP contribution < -0.4 is 0 Å². The average Bonchev–Trinajstić information content (AvgIpc) is 0. The van der Waals surface area contributed by atoms with Crippen LogP contribution in [0.5, 0.6) is 0 Å². The monoisotopic (exact) mass is 254 g/mol. The van der Waals surface area contributed by atoms with Gasteiger partial charge in [0.05, 0.1) is 0 Å². The molecule has 0 aliphatic heterocycles. The van der Waals surface area contributed by atoms with Gasteiger partial charge in [0.1, 0.15) is 0 Å². The van der Waals surface area contributed by atoms with Gasteiger partial charge in [0, 0.05) is 77.2 Å². The molecule has 0 unspecified atom stereocenters. The van der Waals surface area contributed by atoms with Crippen LogP contribution in [0, 0.1) is 0 Å². The van der Waals surface area contributed by atoms with Gasteiger partial charge in [-0.15, -0.1) is 0 Å². The predicted molar refractivity (Wildman–Crippen MR) is 0 cm³/mol. The fourth-order valence-electron chi connectivity index (χ4n) is 0. The third kappa shape index (κ3) is 8.82. The van der Waals surface area contributed by atoms with Gasteiger partial charge in [0.2, 0.25) is 0 Å². The van der Waals surface area contributed by atoms with Gasteiger partial charge in [-0.2, -0.15) is 0 Å². The SMILES string of the molecule is [Cr].[Fe].[Mo].[Ti]. The summed E-state index contributed by atoms with van der Waals surface area (Å²) in [6, 6.07) is 0. The Morgan fingerprint density at radius 2 is 1.00 bits per heavy atom. The molecule has 0 saturated heterocycles. The van der Waals surface area contributed by atoms with E-state index in [0.717, 1.165) is 0 Å². The first-order valence-corrected chi connectivity index (χ1v) is 0. The molecule has 0 radical (unpaired) electrons. The molecule has 24 valence electrons. The summed E-state index contributed by atoms with van der Waals surface area (Å²) in [5.74, 6) is 0. The first kappa shape index (κ1) is 31.9. The van der Waals surface area contributed by atoms with E-state index in [1.165, 1.54) is 0 Å². The maximum absolute atomic E-state index is 0. The van der Waals surface area contributed by atoms with E-state index in [2.05, 4.69) is 0 Å². The second-order valence-electron chi connectivity index (χ2n) is 0. The largest absolute Gasteiger partial charge is 0 e. The molecule has 0 amide bonds. The Morgan fingerprint density at radius 1 is 1.00 bits per heavy atom. The van der Waals surface area contributed by atoms with Crippen LogP contribution in [0.1, 0.15) is 0 Å². The molecule has 0 rings (SSSR count). The van der Waals surface area contributed by atoms with Crippen LogP contribution in [0.15, 0.2) is 0 Å². The van der Waals surface area contributed by atoms with E-state index in [9.17, 15) is 0 Å². The quantitative estimate of drug-likeness (QED) is 0.532. The zero-order chi connectivity index (χ0) is 0. The zero-order valence-electron chi connectivity index (χ0n) is 1.67. The molecule has 0 bridgehead atoms. The van der Waals surface area contributed by atoms with Crippen LogP contribution in [0.3, 0.4) is 0 Å². The third-order valence-corrected chi connectivity index (χ3v) is 0. The van der Waals surface area contributed by atoms with Crippen LogP contribution in [0.4, 0.5) is 0 Å². The van der Waals surface area contributed by atoms with Gasteiger partial charge in [-0.25, -0.2) is 0 Å². The van der Waals surface area contributed by atoms with Crippen LogP contribution in [-0.2, 0) is 77.2 Å². The minimum Gasteiger partial charge on any atom is 0 e. The maximum Gasteiger partial charge on any atom is 0 e. The molecule has 0 nitrogen and oxygen atoms in total. The van der Waals surface area contributed by atoms with Crippen molar-refractivity contribution in [3.8, 4) is 0 Å². The van der Waals surface area contributed by atoms with Gasteiger partial charge < -0.3 is 0 Å². The standard InChI is InChI=1S/Cr.Fe.Mo.Ti. The zero-order valence-corrected chi connectivity index (χ0v) is 7.62. The van der Waals surface area contributed by atoms with E-state index in [4.69, 9.17) is 0 Å². The van der Waals surface area contributed by atoms with Crippen molar-refractivity contribution >= 4 is 0 Å². The van der Waals surface area contributed by atoms with Gasteiger partial charge in [0.25, 0.3) is 0 Å². The summed E-state index contributed by atoms with van der Waals surface area (Å²) in [6.45, 7) is 0. The normalized spacial score (nSPS) is 0. The third-order valence-electron chi connectivity index (χ3n) is 0. The topological polar surface area (TPSA) is 0 Å². The summed E-state index contributed by atoms with van der Waals surface area (Å²) in [5.41, 5.74) is 0. The summed E-state index contributed by atoms with van der Waals surface area (Å²) in [5, 5.41) is 0. The van der Waals surface area contributed by atoms with Crippen molar-refractivity contribution < 1.29 is 77.2 Å². The Kier molecular flexibility index (Phi) is 143.